The number of hydrogen-bond donors (Lipinski definition) is 2. The highest BCUT2D eigenvalue weighted by molar-refractivity contribution is 7.88. The van der Waals surface area contributed by atoms with E-state index >= 15 is 0 Å². The largest absolute Gasteiger partial charge is 0.376 e. The molecule has 0 spiro atoms. The molecule has 6 nitrogen and oxygen atoms in total. The van der Waals surface area contributed by atoms with Crippen LogP contribution in [0.2, 0.25) is 0 Å². The highest BCUT2D eigenvalue weighted by Gasteiger charge is 2.11. The number of aliphatic hydroxyl groups is 1. The molecule has 3 N–H and O–H groups in total. The van der Waals surface area contributed by atoms with E-state index in [4.69, 9.17) is 5.14 Å². The summed E-state index contributed by atoms with van der Waals surface area (Å²) in [5.41, 5.74) is 2.64. The van der Waals surface area contributed by atoms with Gasteiger partial charge >= 0.3 is 0 Å². The Balaban J connectivity index is 2.44. The van der Waals surface area contributed by atoms with Gasteiger partial charge in [0.1, 0.15) is 6.73 Å². The lowest BCUT2D eigenvalue weighted by molar-refractivity contribution is 0.215. The molecule has 0 aliphatic carbocycles. The van der Waals surface area contributed by atoms with Gasteiger partial charge in [0.25, 0.3) is 0 Å². The second-order valence-electron chi connectivity index (χ2n) is 5.48. The van der Waals surface area contributed by atoms with E-state index in [1.807, 2.05) is 32.4 Å². The summed E-state index contributed by atoms with van der Waals surface area (Å²) in [5.74, 6) is -0.180. The van der Waals surface area contributed by atoms with Gasteiger partial charge in [0.05, 0.1) is 11.3 Å². The molecule has 2 aromatic rings. The maximum absolute atomic E-state index is 11.2. The number of primary sulfonamides is 1. The van der Waals surface area contributed by atoms with E-state index < -0.39 is 10.0 Å². The van der Waals surface area contributed by atoms with Gasteiger partial charge in [0.15, 0.2) is 0 Å². The Morgan fingerprint density at radius 3 is 2.62 bits per heavy atom. The van der Waals surface area contributed by atoms with Crippen molar-refractivity contribution in [2.24, 2.45) is 5.14 Å². The molecule has 2 rings (SSSR count). The molecule has 0 aliphatic heterocycles. The first-order chi connectivity index (χ1) is 9.80. The number of nitrogens with two attached hydrogens (primary N) is 1. The molecule has 1 aromatic carbocycles. The van der Waals surface area contributed by atoms with Gasteiger partial charge in [-0.05, 0) is 43.8 Å². The number of rotatable bonds is 6. The summed E-state index contributed by atoms with van der Waals surface area (Å²) < 4.78 is 24.2. The number of fused-ring (bicyclic) bond motifs is 1. The van der Waals surface area contributed by atoms with Crippen molar-refractivity contribution in [3.8, 4) is 0 Å². The monoisotopic (exact) mass is 311 g/mol. The van der Waals surface area contributed by atoms with Gasteiger partial charge in [0, 0.05) is 18.1 Å². The third kappa shape index (κ3) is 4.04. The van der Waals surface area contributed by atoms with Gasteiger partial charge in [-0.2, -0.15) is 0 Å². The molecule has 0 amide bonds. The summed E-state index contributed by atoms with van der Waals surface area (Å²) in [4.78, 5) is 2.08. The molecule has 0 atom stereocenters. The molecular formula is C14H21N3O3S. The summed E-state index contributed by atoms with van der Waals surface area (Å²) in [6, 6.07) is 5.40. The van der Waals surface area contributed by atoms with Crippen LogP contribution < -0.4 is 5.14 Å². The van der Waals surface area contributed by atoms with Gasteiger partial charge in [-0.1, -0.05) is 6.07 Å². The minimum Gasteiger partial charge on any atom is -0.376 e. The maximum atomic E-state index is 11.2. The predicted molar refractivity (Wildman–Crippen MR) is 83.2 cm³/mol. The Morgan fingerprint density at radius 1 is 1.33 bits per heavy atom. The number of benzene rings is 1. The summed E-state index contributed by atoms with van der Waals surface area (Å²) >= 11 is 0. The topological polar surface area (TPSA) is 88.6 Å². The lowest BCUT2D eigenvalue weighted by Crippen LogP contribution is -2.15. The number of hydrogen-bond acceptors (Lipinski definition) is 4. The highest BCUT2D eigenvalue weighted by atomic mass is 32.2. The van der Waals surface area contributed by atoms with Gasteiger partial charge in [-0.15, -0.1) is 0 Å². The Morgan fingerprint density at radius 2 is 2.05 bits per heavy atom. The van der Waals surface area contributed by atoms with Gasteiger partial charge in [-0.25, -0.2) is 13.6 Å². The van der Waals surface area contributed by atoms with E-state index in [9.17, 15) is 13.5 Å². The van der Waals surface area contributed by atoms with Crippen LogP contribution in [0.4, 0.5) is 0 Å². The zero-order chi connectivity index (χ0) is 15.6. The first-order valence-electron chi connectivity index (χ1n) is 6.67. The lowest BCUT2D eigenvalue weighted by Gasteiger charge is -2.08. The minimum atomic E-state index is -3.55. The second-order valence-corrected chi connectivity index (χ2v) is 7.09. The van der Waals surface area contributed by atoms with Crippen molar-refractivity contribution in [2.45, 2.75) is 18.9 Å². The van der Waals surface area contributed by atoms with Crippen LogP contribution in [-0.4, -0.2) is 43.6 Å². The lowest BCUT2D eigenvalue weighted by atomic mass is 10.1. The molecule has 0 radical (unpaired) electrons. The maximum Gasteiger partial charge on any atom is 0.213 e. The SMILES string of the molecule is CN(C)CCc1cn(CO)c2ccc(CS(N)(=O)=O)cc12. The van der Waals surface area contributed by atoms with Crippen LogP contribution in [0, 0.1) is 0 Å². The van der Waals surface area contributed by atoms with Crippen LogP contribution >= 0.6 is 0 Å². The van der Waals surface area contributed by atoms with E-state index in [0.717, 1.165) is 29.4 Å². The third-order valence-corrected chi connectivity index (χ3v) is 4.11. The average molecular weight is 311 g/mol. The molecular weight excluding hydrogens is 290 g/mol. The van der Waals surface area contributed by atoms with Crippen molar-refractivity contribution in [3.05, 3.63) is 35.5 Å². The summed E-state index contributed by atoms with van der Waals surface area (Å²) in [6.07, 6.45) is 2.74. The summed E-state index contributed by atoms with van der Waals surface area (Å²) in [5, 5.41) is 15.5. The second kappa shape index (κ2) is 6.15. The van der Waals surface area contributed by atoms with Crippen LogP contribution in [0.3, 0.4) is 0 Å². The van der Waals surface area contributed by atoms with Crippen LogP contribution in [0.15, 0.2) is 24.4 Å². The Kier molecular flexibility index (Phi) is 4.67. The highest BCUT2D eigenvalue weighted by Crippen LogP contribution is 2.24. The van der Waals surface area contributed by atoms with E-state index in [1.165, 1.54) is 0 Å². The molecule has 0 bridgehead atoms. The van der Waals surface area contributed by atoms with Gasteiger partial charge in [0.2, 0.25) is 10.0 Å². The number of sulfonamides is 1. The average Bonchev–Trinajstić information content (AvgIpc) is 2.72. The molecule has 0 saturated carbocycles. The zero-order valence-corrected chi connectivity index (χ0v) is 13.1. The minimum absolute atomic E-state index is 0.104. The molecule has 0 aliphatic rings. The van der Waals surface area contributed by atoms with Crippen LogP contribution in [0.25, 0.3) is 10.9 Å². The fourth-order valence-corrected chi connectivity index (χ4v) is 3.04. The van der Waals surface area contributed by atoms with Crippen molar-refractivity contribution >= 4 is 20.9 Å². The fourth-order valence-electron chi connectivity index (χ4n) is 2.40. The van der Waals surface area contributed by atoms with Crippen molar-refractivity contribution in [1.29, 1.82) is 0 Å². The van der Waals surface area contributed by atoms with E-state index in [2.05, 4.69) is 4.90 Å². The Labute approximate surface area is 124 Å². The van der Waals surface area contributed by atoms with Crippen molar-refractivity contribution in [2.75, 3.05) is 20.6 Å². The molecule has 0 unspecified atom stereocenters. The fraction of sp³-hybridized carbons (Fsp3) is 0.429. The molecule has 116 valence electrons. The summed E-state index contributed by atoms with van der Waals surface area (Å²) in [6.45, 7) is 0.775. The van der Waals surface area contributed by atoms with E-state index in [1.54, 1.807) is 10.6 Å². The predicted octanol–water partition coefficient (Wildman–Crippen LogP) is 0.484. The Hall–Kier alpha value is -1.41. The van der Waals surface area contributed by atoms with Crippen molar-refractivity contribution < 1.29 is 13.5 Å². The number of nitrogens with zero attached hydrogens (tertiary/aromatic N) is 2. The molecule has 7 heteroatoms. The van der Waals surface area contributed by atoms with Crippen molar-refractivity contribution in [3.63, 3.8) is 0 Å². The number of aromatic nitrogens is 1. The first kappa shape index (κ1) is 16.0. The number of likely N-dealkylation sites (N-methyl/N-ethyl adjacent to an activating group) is 1. The first-order valence-corrected chi connectivity index (χ1v) is 8.38. The molecule has 0 saturated heterocycles. The van der Waals surface area contributed by atoms with Crippen molar-refractivity contribution in [1.82, 2.24) is 9.47 Å². The van der Waals surface area contributed by atoms with E-state index in [-0.39, 0.29) is 12.5 Å². The van der Waals surface area contributed by atoms with Crippen LogP contribution in [0.5, 0.6) is 0 Å². The quantitative estimate of drug-likeness (QED) is 0.812. The van der Waals surface area contributed by atoms with Crippen LogP contribution in [0.1, 0.15) is 11.1 Å². The van der Waals surface area contributed by atoms with E-state index in [0.29, 0.717) is 5.56 Å². The normalized spacial score (nSPS) is 12.4. The summed E-state index contributed by atoms with van der Waals surface area (Å²) in [7, 11) is 0.448. The van der Waals surface area contributed by atoms with Crippen LogP contribution in [-0.2, 0) is 28.9 Å². The smallest absolute Gasteiger partial charge is 0.213 e. The standard InChI is InChI=1S/C14H21N3O3S/c1-16(2)6-5-12-8-17(10-18)14-4-3-11(7-13(12)14)9-21(15,19)20/h3-4,7-8,18H,5-6,9-10H2,1-2H3,(H2,15,19,20). The molecule has 1 heterocycles. The van der Waals surface area contributed by atoms with Gasteiger partial charge in [-0.3, -0.25) is 0 Å². The van der Waals surface area contributed by atoms with Gasteiger partial charge < -0.3 is 14.6 Å². The molecule has 0 fully saturated rings. The number of aliphatic hydroxyl groups excluding tert-OH is 1. The zero-order valence-electron chi connectivity index (χ0n) is 12.3. The molecule has 1 aromatic heterocycles. The third-order valence-electron chi connectivity index (χ3n) is 3.38. The Bertz CT molecular complexity index is 735. The molecule has 21 heavy (non-hydrogen) atoms.